The van der Waals surface area contributed by atoms with Crippen molar-refractivity contribution in [2.45, 2.75) is 25.2 Å². The number of hydrogen-bond acceptors (Lipinski definition) is 7. The van der Waals surface area contributed by atoms with Gasteiger partial charge >= 0.3 is 0 Å². The summed E-state index contributed by atoms with van der Waals surface area (Å²) in [5, 5.41) is 2.92. The number of piperidine rings is 1. The third kappa shape index (κ3) is 3.73. The second-order valence-corrected chi connectivity index (χ2v) is 7.36. The van der Waals surface area contributed by atoms with Crippen LogP contribution in [0.1, 0.15) is 28.9 Å². The molecule has 2 aromatic rings. The standard InChI is InChI=1S/C21H23N3O5/c25-20(23-13-15-1-2-18-19(11-15)27-14-26-18)17-12-16(3-6-22-17)24-7-4-21(5-8-24)28-9-10-29-21/h1-3,6,11-12H,4-5,7-10,13-14H2,(H,23,25). The van der Waals surface area contributed by atoms with E-state index in [4.69, 9.17) is 18.9 Å². The average molecular weight is 397 g/mol. The lowest BCUT2D eigenvalue weighted by Gasteiger charge is -2.38. The topological polar surface area (TPSA) is 82.2 Å². The molecule has 8 nitrogen and oxygen atoms in total. The Kier molecular flexibility index (Phi) is 4.73. The van der Waals surface area contributed by atoms with E-state index in [1.807, 2.05) is 30.3 Å². The number of nitrogens with one attached hydrogen (secondary N) is 1. The Bertz CT molecular complexity index is 903. The van der Waals surface area contributed by atoms with Crippen molar-refractivity contribution in [3.63, 3.8) is 0 Å². The Hall–Kier alpha value is -2.84. The molecule has 3 aliphatic heterocycles. The first kappa shape index (κ1) is 18.2. The number of amides is 1. The molecule has 5 rings (SSSR count). The van der Waals surface area contributed by atoms with Crippen LogP contribution in [0.15, 0.2) is 36.5 Å². The van der Waals surface area contributed by atoms with Crippen molar-refractivity contribution < 1.29 is 23.7 Å². The van der Waals surface area contributed by atoms with Crippen LogP contribution in [0, 0.1) is 0 Å². The summed E-state index contributed by atoms with van der Waals surface area (Å²) >= 11 is 0. The summed E-state index contributed by atoms with van der Waals surface area (Å²) in [5.74, 6) is 0.815. The maximum absolute atomic E-state index is 12.6. The van der Waals surface area contributed by atoms with Gasteiger partial charge in [0.1, 0.15) is 5.69 Å². The number of aromatic nitrogens is 1. The Morgan fingerprint density at radius 3 is 2.69 bits per heavy atom. The molecule has 0 aliphatic carbocycles. The number of fused-ring (bicyclic) bond motifs is 1. The molecule has 152 valence electrons. The fourth-order valence-electron chi connectivity index (χ4n) is 3.96. The van der Waals surface area contributed by atoms with Crippen LogP contribution in [0.5, 0.6) is 11.5 Å². The van der Waals surface area contributed by atoms with Crippen molar-refractivity contribution in [3.8, 4) is 11.5 Å². The van der Waals surface area contributed by atoms with Gasteiger partial charge in [0.25, 0.3) is 5.91 Å². The largest absolute Gasteiger partial charge is 0.454 e. The minimum absolute atomic E-state index is 0.208. The van der Waals surface area contributed by atoms with Crippen LogP contribution in [-0.4, -0.2) is 49.8 Å². The van der Waals surface area contributed by atoms with Crippen molar-refractivity contribution in [1.82, 2.24) is 10.3 Å². The molecule has 1 aromatic carbocycles. The highest BCUT2D eigenvalue weighted by atomic mass is 16.7. The molecule has 0 radical (unpaired) electrons. The summed E-state index contributed by atoms with van der Waals surface area (Å²) in [6.07, 6.45) is 3.32. The normalized spacial score (nSPS) is 19.5. The molecule has 3 aliphatic rings. The van der Waals surface area contributed by atoms with Gasteiger partial charge in [-0.1, -0.05) is 6.07 Å². The summed E-state index contributed by atoms with van der Waals surface area (Å²) in [5.41, 5.74) is 2.33. The molecule has 1 spiro atoms. The van der Waals surface area contributed by atoms with E-state index in [-0.39, 0.29) is 12.7 Å². The summed E-state index contributed by atoms with van der Waals surface area (Å²) in [4.78, 5) is 19.1. The highest BCUT2D eigenvalue weighted by Gasteiger charge is 2.39. The van der Waals surface area contributed by atoms with Crippen molar-refractivity contribution in [2.75, 3.05) is 38.0 Å². The fourth-order valence-corrected chi connectivity index (χ4v) is 3.96. The zero-order valence-corrected chi connectivity index (χ0v) is 16.1. The molecule has 1 aromatic heterocycles. The molecule has 1 amide bonds. The van der Waals surface area contributed by atoms with Gasteiger partial charge < -0.3 is 29.2 Å². The zero-order chi connectivity index (χ0) is 19.7. The smallest absolute Gasteiger partial charge is 0.270 e. The zero-order valence-electron chi connectivity index (χ0n) is 16.1. The van der Waals surface area contributed by atoms with E-state index in [1.165, 1.54) is 0 Å². The van der Waals surface area contributed by atoms with Crippen LogP contribution in [0.4, 0.5) is 5.69 Å². The number of anilines is 1. The Balaban J connectivity index is 1.21. The maximum atomic E-state index is 12.6. The van der Waals surface area contributed by atoms with Gasteiger partial charge in [0.15, 0.2) is 17.3 Å². The summed E-state index contributed by atoms with van der Waals surface area (Å²) in [6.45, 7) is 3.61. The molecular weight excluding hydrogens is 374 g/mol. The number of ether oxygens (including phenoxy) is 4. The monoisotopic (exact) mass is 397 g/mol. The van der Waals surface area contributed by atoms with Crippen molar-refractivity contribution in [3.05, 3.63) is 47.8 Å². The van der Waals surface area contributed by atoms with Crippen LogP contribution in [-0.2, 0) is 16.0 Å². The van der Waals surface area contributed by atoms with Crippen LogP contribution < -0.4 is 19.7 Å². The summed E-state index contributed by atoms with van der Waals surface area (Å²) < 4.78 is 22.3. The highest BCUT2D eigenvalue weighted by Crippen LogP contribution is 2.34. The van der Waals surface area contributed by atoms with Crippen LogP contribution in [0.25, 0.3) is 0 Å². The predicted octanol–water partition coefficient (Wildman–Crippen LogP) is 2.08. The number of pyridine rings is 1. The first-order valence-corrected chi connectivity index (χ1v) is 9.86. The first-order chi connectivity index (χ1) is 14.2. The molecular formula is C21H23N3O5. The number of carbonyl (C=O) groups is 1. The first-order valence-electron chi connectivity index (χ1n) is 9.86. The Morgan fingerprint density at radius 2 is 1.86 bits per heavy atom. The number of hydrogen-bond donors (Lipinski definition) is 1. The maximum Gasteiger partial charge on any atom is 0.270 e. The van der Waals surface area contributed by atoms with Gasteiger partial charge in [-0.25, -0.2) is 0 Å². The summed E-state index contributed by atoms with van der Waals surface area (Å²) in [7, 11) is 0. The third-order valence-electron chi connectivity index (χ3n) is 5.57. The van der Waals surface area contributed by atoms with Crippen LogP contribution in [0.2, 0.25) is 0 Å². The van der Waals surface area contributed by atoms with Crippen LogP contribution in [0.3, 0.4) is 0 Å². The van der Waals surface area contributed by atoms with E-state index in [9.17, 15) is 4.79 Å². The van der Waals surface area contributed by atoms with Gasteiger partial charge in [0.05, 0.1) is 13.2 Å². The second-order valence-electron chi connectivity index (χ2n) is 7.36. The molecule has 0 bridgehead atoms. The molecule has 0 saturated carbocycles. The minimum atomic E-state index is -0.408. The highest BCUT2D eigenvalue weighted by molar-refractivity contribution is 5.93. The molecule has 0 atom stereocenters. The van der Waals surface area contributed by atoms with E-state index in [0.717, 1.165) is 42.9 Å². The third-order valence-corrected chi connectivity index (χ3v) is 5.57. The Labute approximate surface area is 168 Å². The van der Waals surface area contributed by atoms with Gasteiger partial charge in [-0.15, -0.1) is 0 Å². The number of carbonyl (C=O) groups excluding carboxylic acids is 1. The SMILES string of the molecule is O=C(NCc1ccc2c(c1)OCO2)c1cc(N2CCC3(CC2)OCCO3)ccn1. The molecule has 29 heavy (non-hydrogen) atoms. The second kappa shape index (κ2) is 7.53. The lowest BCUT2D eigenvalue weighted by atomic mass is 10.0. The van der Waals surface area contributed by atoms with E-state index in [0.29, 0.717) is 31.2 Å². The molecule has 8 heteroatoms. The molecule has 0 unspecified atom stereocenters. The Morgan fingerprint density at radius 1 is 1.07 bits per heavy atom. The lowest BCUT2D eigenvalue weighted by Crippen LogP contribution is -2.45. The minimum Gasteiger partial charge on any atom is -0.454 e. The quantitative estimate of drug-likeness (QED) is 0.846. The van der Waals surface area contributed by atoms with E-state index < -0.39 is 5.79 Å². The number of benzene rings is 1. The fraction of sp³-hybridized carbons (Fsp3) is 0.429. The van der Waals surface area contributed by atoms with Gasteiger partial charge in [-0.3, -0.25) is 9.78 Å². The van der Waals surface area contributed by atoms with Gasteiger partial charge in [0.2, 0.25) is 6.79 Å². The van der Waals surface area contributed by atoms with E-state index >= 15 is 0 Å². The molecule has 1 N–H and O–H groups in total. The van der Waals surface area contributed by atoms with Crippen molar-refractivity contribution in [2.24, 2.45) is 0 Å². The average Bonchev–Trinajstić information content (AvgIpc) is 3.42. The molecule has 2 saturated heterocycles. The number of nitrogens with zero attached hydrogens (tertiary/aromatic N) is 2. The van der Waals surface area contributed by atoms with E-state index in [2.05, 4.69) is 15.2 Å². The van der Waals surface area contributed by atoms with Crippen LogP contribution >= 0.6 is 0 Å². The molecule has 4 heterocycles. The molecule has 2 fully saturated rings. The van der Waals surface area contributed by atoms with Gasteiger partial charge in [-0.2, -0.15) is 0 Å². The lowest BCUT2D eigenvalue weighted by molar-refractivity contribution is -0.169. The van der Waals surface area contributed by atoms with Gasteiger partial charge in [0, 0.05) is 44.4 Å². The van der Waals surface area contributed by atoms with E-state index in [1.54, 1.807) is 6.20 Å². The van der Waals surface area contributed by atoms with Crippen molar-refractivity contribution in [1.29, 1.82) is 0 Å². The van der Waals surface area contributed by atoms with Gasteiger partial charge in [-0.05, 0) is 29.8 Å². The van der Waals surface area contributed by atoms with Crippen molar-refractivity contribution >= 4 is 11.6 Å². The summed E-state index contributed by atoms with van der Waals surface area (Å²) in [6, 6.07) is 9.41. The number of rotatable bonds is 4. The predicted molar refractivity (Wildman–Crippen MR) is 104 cm³/mol.